The van der Waals surface area contributed by atoms with Crippen LogP contribution in [0.1, 0.15) is 16.1 Å². The van der Waals surface area contributed by atoms with Gasteiger partial charge in [-0.05, 0) is 42.5 Å². The summed E-state index contributed by atoms with van der Waals surface area (Å²) in [6, 6.07) is 17.4. The van der Waals surface area contributed by atoms with Gasteiger partial charge in [0.2, 0.25) is 0 Å². The number of benzene rings is 2. The molecule has 2 N–H and O–H groups in total. The molecule has 1 amide bonds. The minimum Gasteiger partial charge on any atom is -0.477 e. The van der Waals surface area contributed by atoms with Gasteiger partial charge in [0.05, 0.1) is 0 Å². The molecule has 0 radical (unpaired) electrons. The Balaban J connectivity index is 1.85. The van der Waals surface area contributed by atoms with Crippen LogP contribution in [0.4, 0.5) is 0 Å². The molecule has 0 unspecified atom stereocenters. The SMILES string of the molecule is O=C(O)C(=Cc1ccc(-c2cc(Br)cc(Br)c2)o1)NC(=O)c1ccccc1. The molecule has 3 aromatic rings. The molecule has 0 spiro atoms. The normalized spacial score (nSPS) is 11.3. The van der Waals surface area contributed by atoms with Crippen LogP contribution in [0.25, 0.3) is 17.4 Å². The number of amides is 1. The van der Waals surface area contributed by atoms with E-state index in [1.807, 2.05) is 18.2 Å². The van der Waals surface area contributed by atoms with Crippen LogP contribution in [0.15, 0.2) is 79.7 Å². The molecule has 0 aliphatic carbocycles. The zero-order valence-corrected chi connectivity index (χ0v) is 17.0. The minimum absolute atomic E-state index is 0.278. The van der Waals surface area contributed by atoms with Gasteiger partial charge in [-0.2, -0.15) is 0 Å². The first-order valence-corrected chi connectivity index (χ1v) is 9.38. The van der Waals surface area contributed by atoms with E-state index in [0.29, 0.717) is 17.1 Å². The zero-order valence-electron chi connectivity index (χ0n) is 13.8. The summed E-state index contributed by atoms with van der Waals surface area (Å²) in [6.45, 7) is 0. The molecule has 3 rings (SSSR count). The van der Waals surface area contributed by atoms with Crippen LogP contribution in [0.5, 0.6) is 0 Å². The number of carbonyl (C=O) groups is 2. The molecule has 1 aromatic heterocycles. The summed E-state index contributed by atoms with van der Waals surface area (Å²) in [4.78, 5) is 23.7. The molecule has 0 fully saturated rings. The van der Waals surface area contributed by atoms with E-state index in [2.05, 4.69) is 37.2 Å². The monoisotopic (exact) mass is 489 g/mol. The van der Waals surface area contributed by atoms with Crippen molar-refractivity contribution in [2.75, 3.05) is 0 Å². The fourth-order valence-corrected chi connectivity index (χ4v) is 3.65. The van der Waals surface area contributed by atoms with Gasteiger partial charge in [-0.1, -0.05) is 50.1 Å². The smallest absolute Gasteiger partial charge is 0.352 e. The van der Waals surface area contributed by atoms with E-state index in [4.69, 9.17) is 4.42 Å². The highest BCUT2D eigenvalue weighted by Crippen LogP contribution is 2.29. The van der Waals surface area contributed by atoms with Gasteiger partial charge in [0.25, 0.3) is 5.91 Å². The van der Waals surface area contributed by atoms with E-state index in [1.54, 1.807) is 42.5 Å². The summed E-state index contributed by atoms with van der Waals surface area (Å²) in [5.74, 6) is -0.886. The Hall–Kier alpha value is -2.64. The van der Waals surface area contributed by atoms with Crippen LogP contribution in [-0.2, 0) is 4.79 Å². The Morgan fingerprint density at radius 1 is 0.963 bits per heavy atom. The van der Waals surface area contributed by atoms with Crippen LogP contribution in [-0.4, -0.2) is 17.0 Å². The Bertz CT molecular complexity index is 1010. The van der Waals surface area contributed by atoms with Crippen molar-refractivity contribution in [3.8, 4) is 11.3 Å². The van der Waals surface area contributed by atoms with Crippen LogP contribution in [0.2, 0.25) is 0 Å². The first-order valence-electron chi connectivity index (χ1n) is 7.80. The lowest BCUT2D eigenvalue weighted by atomic mass is 10.2. The van der Waals surface area contributed by atoms with Crippen molar-refractivity contribution in [2.24, 2.45) is 0 Å². The highest BCUT2D eigenvalue weighted by atomic mass is 79.9. The third kappa shape index (κ3) is 4.96. The summed E-state index contributed by atoms with van der Waals surface area (Å²) >= 11 is 6.83. The molecule has 0 aliphatic heterocycles. The van der Waals surface area contributed by atoms with Crippen molar-refractivity contribution in [2.45, 2.75) is 0 Å². The molecular weight excluding hydrogens is 478 g/mol. The minimum atomic E-state index is -1.26. The number of carbonyl (C=O) groups excluding carboxylic acids is 1. The number of rotatable bonds is 5. The predicted molar refractivity (Wildman–Crippen MR) is 109 cm³/mol. The van der Waals surface area contributed by atoms with E-state index < -0.39 is 11.9 Å². The number of nitrogens with one attached hydrogen (secondary N) is 1. The predicted octanol–water partition coefficient (Wildman–Crippen LogP) is 5.33. The molecule has 0 atom stereocenters. The maximum atomic E-state index is 12.2. The Morgan fingerprint density at radius 3 is 2.26 bits per heavy atom. The maximum absolute atomic E-state index is 12.2. The summed E-state index contributed by atoms with van der Waals surface area (Å²) in [6.07, 6.45) is 1.28. The number of furan rings is 1. The molecule has 136 valence electrons. The molecule has 0 saturated heterocycles. The third-order valence-corrected chi connectivity index (χ3v) is 4.49. The van der Waals surface area contributed by atoms with Gasteiger partial charge in [0.1, 0.15) is 17.2 Å². The van der Waals surface area contributed by atoms with E-state index in [9.17, 15) is 14.7 Å². The fourth-order valence-electron chi connectivity index (χ4n) is 2.36. The Kier molecular flexibility index (Phi) is 5.93. The molecule has 0 aliphatic rings. The second-order valence-corrected chi connectivity index (χ2v) is 7.37. The molecule has 1 heterocycles. The summed E-state index contributed by atoms with van der Waals surface area (Å²) < 4.78 is 7.47. The van der Waals surface area contributed by atoms with Crippen molar-refractivity contribution < 1.29 is 19.1 Å². The lowest BCUT2D eigenvalue weighted by Crippen LogP contribution is -2.27. The molecule has 0 bridgehead atoms. The zero-order chi connectivity index (χ0) is 19.4. The number of hydrogen-bond acceptors (Lipinski definition) is 3. The van der Waals surface area contributed by atoms with Gasteiger partial charge >= 0.3 is 5.97 Å². The van der Waals surface area contributed by atoms with Crippen molar-refractivity contribution in [3.63, 3.8) is 0 Å². The fraction of sp³-hybridized carbons (Fsp3) is 0. The largest absolute Gasteiger partial charge is 0.477 e. The molecule has 7 heteroatoms. The van der Waals surface area contributed by atoms with Crippen LogP contribution in [0.3, 0.4) is 0 Å². The highest BCUT2D eigenvalue weighted by Gasteiger charge is 2.14. The van der Waals surface area contributed by atoms with Crippen LogP contribution in [0, 0.1) is 0 Å². The van der Waals surface area contributed by atoms with Crippen molar-refractivity contribution in [1.82, 2.24) is 5.32 Å². The Morgan fingerprint density at radius 2 is 1.63 bits per heavy atom. The van der Waals surface area contributed by atoms with Crippen LogP contribution >= 0.6 is 31.9 Å². The van der Waals surface area contributed by atoms with Gasteiger partial charge in [0, 0.05) is 26.1 Å². The van der Waals surface area contributed by atoms with Crippen LogP contribution < -0.4 is 5.32 Å². The van der Waals surface area contributed by atoms with Gasteiger partial charge in [-0.25, -0.2) is 4.79 Å². The molecule has 27 heavy (non-hydrogen) atoms. The van der Waals surface area contributed by atoms with E-state index in [-0.39, 0.29) is 5.70 Å². The number of aliphatic carboxylic acids is 1. The number of hydrogen-bond donors (Lipinski definition) is 2. The molecule has 5 nitrogen and oxygen atoms in total. The first-order chi connectivity index (χ1) is 12.9. The van der Waals surface area contributed by atoms with Crippen molar-refractivity contribution in [3.05, 3.63) is 86.6 Å². The molecule has 0 saturated carbocycles. The average molecular weight is 491 g/mol. The number of carboxylic acids is 1. The average Bonchev–Trinajstić information content (AvgIpc) is 3.09. The van der Waals surface area contributed by atoms with Gasteiger partial charge in [-0.15, -0.1) is 0 Å². The van der Waals surface area contributed by atoms with Crippen molar-refractivity contribution in [1.29, 1.82) is 0 Å². The van der Waals surface area contributed by atoms with E-state index >= 15 is 0 Å². The maximum Gasteiger partial charge on any atom is 0.352 e. The van der Waals surface area contributed by atoms with Crippen molar-refractivity contribution >= 4 is 49.8 Å². The van der Waals surface area contributed by atoms with Gasteiger partial charge in [0.15, 0.2) is 0 Å². The lowest BCUT2D eigenvalue weighted by Gasteiger charge is -2.05. The summed E-state index contributed by atoms with van der Waals surface area (Å²) in [5, 5.41) is 11.8. The lowest BCUT2D eigenvalue weighted by molar-refractivity contribution is -0.132. The number of carboxylic acid groups (broad SMARTS) is 1. The topological polar surface area (TPSA) is 79.5 Å². The molecular formula is C20H13Br2NO4. The van der Waals surface area contributed by atoms with E-state index in [1.165, 1.54) is 6.08 Å². The summed E-state index contributed by atoms with van der Waals surface area (Å²) in [7, 11) is 0. The molecule has 2 aromatic carbocycles. The second kappa shape index (κ2) is 8.37. The second-order valence-electron chi connectivity index (χ2n) is 5.54. The standard InChI is InChI=1S/C20H13Br2NO4/c21-14-8-13(9-15(22)10-14)18-7-6-16(27-18)11-17(20(25)26)23-19(24)12-4-2-1-3-5-12/h1-11H,(H,23,24)(H,25,26). The number of halogens is 2. The Labute approximate surface area is 172 Å². The quantitative estimate of drug-likeness (QED) is 0.474. The van der Waals surface area contributed by atoms with Gasteiger partial charge < -0.3 is 14.8 Å². The van der Waals surface area contributed by atoms with Gasteiger partial charge in [-0.3, -0.25) is 4.79 Å². The summed E-state index contributed by atoms with van der Waals surface area (Å²) in [5.41, 5.74) is 0.907. The third-order valence-electron chi connectivity index (χ3n) is 3.58. The van der Waals surface area contributed by atoms with E-state index in [0.717, 1.165) is 14.5 Å². The first kappa shape index (κ1) is 19.1. The highest BCUT2D eigenvalue weighted by molar-refractivity contribution is 9.11.